The Morgan fingerprint density at radius 1 is 1.47 bits per heavy atom. The SMILES string of the molecule is COC(=O)NS(=O)(=O)Nc1nc(C)ccc1O. The summed E-state index contributed by atoms with van der Waals surface area (Å²) in [6.07, 6.45) is -1.15. The zero-order valence-corrected chi connectivity index (χ0v) is 9.91. The van der Waals surface area contributed by atoms with Crippen LogP contribution in [0, 0.1) is 6.92 Å². The van der Waals surface area contributed by atoms with E-state index in [2.05, 4.69) is 9.72 Å². The molecule has 0 saturated heterocycles. The highest BCUT2D eigenvalue weighted by atomic mass is 32.2. The van der Waals surface area contributed by atoms with Gasteiger partial charge in [0.2, 0.25) is 0 Å². The van der Waals surface area contributed by atoms with Crippen LogP contribution in [-0.2, 0) is 14.9 Å². The van der Waals surface area contributed by atoms with Gasteiger partial charge in [-0.1, -0.05) is 0 Å². The third-order valence-electron chi connectivity index (χ3n) is 1.65. The van der Waals surface area contributed by atoms with Gasteiger partial charge in [0, 0.05) is 5.69 Å². The van der Waals surface area contributed by atoms with Crippen LogP contribution in [0.15, 0.2) is 12.1 Å². The molecule has 0 aromatic carbocycles. The van der Waals surface area contributed by atoms with E-state index in [1.165, 1.54) is 12.1 Å². The Hall–Kier alpha value is -2.03. The summed E-state index contributed by atoms with van der Waals surface area (Å²) in [4.78, 5) is 14.5. The van der Waals surface area contributed by atoms with Gasteiger partial charge < -0.3 is 9.84 Å². The fraction of sp³-hybridized carbons (Fsp3) is 0.250. The quantitative estimate of drug-likeness (QED) is 0.710. The summed E-state index contributed by atoms with van der Waals surface area (Å²) in [5, 5.41) is 9.36. The van der Waals surface area contributed by atoms with E-state index >= 15 is 0 Å². The van der Waals surface area contributed by atoms with Crippen molar-refractivity contribution < 1.29 is 23.1 Å². The molecule has 0 aliphatic rings. The number of hydrogen-bond acceptors (Lipinski definition) is 6. The average molecular weight is 261 g/mol. The molecule has 1 amide bonds. The van der Waals surface area contributed by atoms with Crippen molar-refractivity contribution >= 4 is 22.1 Å². The van der Waals surface area contributed by atoms with Crippen molar-refractivity contribution in [3.63, 3.8) is 0 Å². The van der Waals surface area contributed by atoms with E-state index in [1.807, 2.05) is 4.72 Å². The summed E-state index contributed by atoms with van der Waals surface area (Å²) in [5.74, 6) is -0.632. The van der Waals surface area contributed by atoms with Crippen LogP contribution in [0.1, 0.15) is 5.69 Å². The Morgan fingerprint density at radius 2 is 2.12 bits per heavy atom. The Bertz CT molecular complexity index is 528. The van der Waals surface area contributed by atoms with Crippen LogP contribution in [-0.4, -0.2) is 31.7 Å². The first-order valence-corrected chi connectivity index (χ1v) is 5.87. The van der Waals surface area contributed by atoms with E-state index in [4.69, 9.17) is 0 Å². The van der Waals surface area contributed by atoms with Gasteiger partial charge in [-0.2, -0.15) is 8.42 Å². The fourth-order valence-electron chi connectivity index (χ4n) is 0.929. The lowest BCUT2D eigenvalue weighted by atomic mass is 10.3. The van der Waals surface area contributed by atoms with Gasteiger partial charge >= 0.3 is 16.3 Å². The largest absolute Gasteiger partial charge is 0.504 e. The van der Waals surface area contributed by atoms with Crippen LogP contribution in [0.5, 0.6) is 5.75 Å². The molecule has 0 atom stereocenters. The molecule has 17 heavy (non-hydrogen) atoms. The van der Waals surface area contributed by atoms with Crippen LogP contribution >= 0.6 is 0 Å². The normalized spacial score (nSPS) is 10.7. The van der Waals surface area contributed by atoms with Crippen molar-refractivity contribution in [2.75, 3.05) is 11.8 Å². The van der Waals surface area contributed by atoms with Crippen LogP contribution in [0.2, 0.25) is 0 Å². The standard InChI is InChI=1S/C8H11N3O5S/c1-5-3-4-6(12)7(9-5)10-17(14,15)11-8(13)16-2/h3-4,12H,1-2H3,(H,9,10)(H,11,13). The minimum Gasteiger partial charge on any atom is -0.504 e. The Balaban J connectivity index is 2.90. The highest BCUT2D eigenvalue weighted by Crippen LogP contribution is 2.20. The second kappa shape index (κ2) is 4.87. The van der Waals surface area contributed by atoms with Gasteiger partial charge in [0.25, 0.3) is 0 Å². The third-order valence-corrected chi connectivity index (χ3v) is 2.54. The molecule has 1 rings (SSSR count). The first-order chi connectivity index (χ1) is 7.84. The lowest BCUT2D eigenvalue weighted by Gasteiger charge is -2.09. The molecule has 0 aliphatic carbocycles. The number of aryl methyl sites for hydroxylation is 1. The Morgan fingerprint density at radius 3 is 2.71 bits per heavy atom. The number of hydrogen-bond donors (Lipinski definition) is 3. The number of carbonyl (C=O) groups is 1. The molecule has 9 heteroatoms. The molecule has 0 aliphatic heterocycles. The average Bonchev–Trinajstić information content (AvgIpc) is 2.22. The predicted molar refractivity (Wildman–Crippen MR) is 58.7 cm³/mol. The minimum absolute atomic E-state index is 0.276. The maximum absolute atomic E-state index is 11.4. The number of rotatable bonds is 3. The topological polar surface area (TPSA) is 118 Å². The monoisotopic (exact) mass is 261 g/mol. The first-order valence-electron chi connectivity index (χ1n) is 4.39. The summed E-state index contributed by atoms with van der Waals surface area (Å²) in [6.45, 7) is 1.62. The number of pyridine rings is 1. The van der Waals surface area contributed by atoms with Crippen molar-refractivity contribution in [2.24, 2.45) is 0 Å². The molecular weight excluding hydrogens is 250 g/mol. The van der Waals surface area contributed by atoms with E-state index in [1.54, 1.807) is 11.6 Å². The van der Waals surface area contributed by atoms with Gasteiger partial charge in [-0.3, -0.25) is 0 Å². The Labute approximate surface area is 97.8 Å². The smallest absolute Gasteiger partial charge is 0.422 e. The van der Waals surface area contributed by atoms with E-state index in [0.717, 1.165) is 7.11 Å². The van der Waals surface area contributed by atoms with Crippen molar-refractivity contribution in [1.29, 1.82) is 0 Å². The number of aromatic nitrogens is 1. The van der Waals surface area contributed by atoms with Gasteiger partial charge in [-0.15, -0.1) is 0 Å². The summed E-state index contributed by atoms with van der Waals surface area (Å²) >= 11 is 0. The second-order valence-corrected chi connectivity index (χ2v) is 4.43. The maximum Gasteiger partial charge on any atom is 0.422 e. The molecule has 94 valence electrons. The second-order valence-electron chi connectivity index (χ2n) is 3.02. The number of nitrogens with zero attached hydrogens (tertiary/aromatic N) is 1. The van der Waals surface area contributed by atoms with Gasteiger partial charge in [0.05, 0.1) is 7.11 Å². The number of aromatic hydroxyl groups is 1. The van der Waals surface area contributed by atoms with E-state index in [-0.39, 0.29) is 11.6 Å². The van der Waals surface area contributed by atoms with Crippen molar-refractivity contribution in [3.05, 3.63) is 17.8 Å². The zero-order chi connectivity index (χ0) is 13.1. The molecule has 3 N–H and O–H groups in total. The van der Waals surface area contributed by atoms with Crippen molar-refractivity contribution in [1.82, 2.24) is 9.71 Å². The first kappa shape index (κ1) is 13.0. The van der Waals surface area contributed by atoms with Gasteiger partial charge in [-0.25, -0.2) is 19.2 Å². The summed E-state index contributed by atoms with van der Waals surface area (Å²) in [6, 6.07) is 2.78. The van der Waals surface area contributed by atoms with Crippen LogP contribution in [0.25, 0.3) is 0 Å². The molecule has 0 saturated carbocycles. The third kappa shape index (κ3) is 3.79. The van der Waals surface area contributed by atoms with Gasteiger partial charge in [-0.05, 0) is 19.1 Å². The van der Waals surface area contributed by atoms with Gasteiger partial charge in [0.1, 0.15) is 0 Å². The molecule has 0 radical (unpaired) electrons. The number of methoxy groups -OCH3 is 1. The molecular formula is C8H11N3O5S. The molecule has 8 nitrogen and oxygen atoms in total. The predicted octanol–water partition coefficient (Wildman–Crippen LogP) is 0.108. The number of ether oxygens (including phenoxy) is 1. The van der Waals surface area contributed by atoms with E-state index in [0.29, 0.717) is 5.69 Å². The highest BCUT2D eigenvalue weighted by Gasteiger charge is 2.17. The minimum atomic E-state index is -4.18. The molecule has 1 aromatic rings. The molecule has 0 fully saturated rings. The van der Waals surface area contributed by atoms with Crippen molar-refractivity contribution in [3.8, 4) is 5.75 Å². The molecule has 0 bridgehead atoms. The van der Waals surface area contributed by atoms with E-state index in [9.17, 15) is 18.3 Å². The molecule has 1 heterocycles. The van der Waals surface area contributed by atoms with E-state index < -0.39 is 16.3 Å². The number of nitrogens with one attached hydrogen (secondary N) is 2. The van der Waals surface area contributed by atoms with Crippen LogP contribution in [0.4, 0.5) is 10.6 Å². The summed E-state index contributed by atoms with van der Waals surface area (Å²) in [7, 11) is -3.16. The van der Waals surface area contributed by atoms with Gasteiger partial charge in [0.15, 0.2) is 11.6 Å². The highest BCUT2D eigenvalue weighted by molar-refractivity contribution is 7.91. The summed E-state index contributed by atoms with van der Waals surface area (Å²) in [5.41, 5.74) is 0.499. The molecule has 0 spiro atoms. The maximum atomic E-state index is 11.4. The lowest BCUT2D eigenvalue weighted by Crippen LogP contribution is -2.35. The zero-order valence-electron chi connectivity index (χ0n) is 9.09. The Kier molecular flexibility index (Phi) is 3.73. The fourth-order valence-corrected chi connectivity index (χ4v) is 1.69. The summed E-state index contributed by atoms with van der Waals surface area (Å²) < 4.78 is 30.3. The number of amides is 1. The number of anilines is 1. The van der Waals surface area contributed by atoms with Crippen molar-refractivity contribution in [2.45, 2.75) is 6.92 Å². The molecule has 1 aromatic heterocycles. The number of carbonyl (C=O) groups excluding carboxylic acids is 1. The lowest BCUT2D eigenvalue weighted by molar-refractivity contribution is 0.177. The molecule has 0 unspecified atom stereocenters. The van der Waals surface area contributed by atoms with Crippen LogP contribution < -0.4 is 9.44 Å². The van der Waals surface area contributed by atoms with Crippen LogP contribution in [0.3, 0.4) is 0 Å².